The maximum absolute atomic E-state index is 6.32. The highest BCUT2D eigenvalue weighted by atomic mass is 79.9. The van der Waals surface area contributed by atoms with Gasteiger partial charge in [0.25, 0.3) is 0 Å². The van der Waals surface area contributed by atoms with Crippen molar-refractivity contribution in [2.45, 2.75) is 6.04 Å². The van der Waals surface area contributed by atoms with Crippen molar-refractivity contribution in [1.82, 2.24) is 0 Å². The normalized spacial score (nSPS) is 12.3. The predicted octanol–water partition coefficient (Wildman–Crippen LogP) is 4.23. The molecule has 1 atom stereocenters. The summed E-state index contributed by atoms with van der Waals surface area (Å²) in [7, 11) is 3.23. The first-order valence-corrected chi connectivity index (χ1v) is 7.48. The summed E-state index contributed by atoms with van der Waals surface area (Å²) in [5.41, 5.74) is 7.14. The molecule has 1 aromatic carbocycles. The van der Waals surface area contributed by atoms with Gasteiger partial charge in [0.15, 0.2) is 0 Å². The molecule has 0 bridgehead atoms. The van der Waals surface area contributed by atoms with E-state index < -0.39 is 0 Å². The fourth-order valence-electron chi connectivity index (χ4n) is 1.85. The molecule has 0 fully saturated rings. The van der Waals surface area contributed by atoms with Gasteiger partial charge in [-0.05, 0) is 34.1 Å². The van der Waals surface area contributed by atoms with E-state index in [-0.39, 0.29) is 6.04 Å². The Kier molecular flexibility index (Phi) is 4.73. The van der Waals surface area contributed by atoms with E-state index in [1.807, 2.05) is 24.3 Å². The van der Waals surface area contributed by atoms with E-state index >= 15 is 0 Å². The maximum Gasteiger partial charge on any atom is 0.127 e. The highest BCUT2D eigenvalue weighted by Crippen LogP contribution is 2.41. The van der Waals surface area contributed by atoms with Gasteiger partial charge in [-0.25, -0.2) is 0 Å². The Hall–Kier alpha value is -0.750. The number of nitrogens with two attached hydrogens (primary N) is 1. The molecule has 3 nitrogen and oxygen atoms in total. The Morgan fingerprint density at radius 2 is 1.84 bits per heavy atom. The molecule has 1 aromatic heterocycles. The molecule has 2 N–H and O–H groups in total. The minimum Gasteiger partial charge on any atom is -0.496 e. The Morgan fingerprint density at radius 3 is 2.26 bits per heavy atom. The fraction of sp³-hybridized carbons (Fsp3) is 0.231. The van der Waals surface area contributed by atoms with Gasteiger partial charge in [0.1, 0.15) is 15.8 Å². The van der Waals surface area contributed by atoms with Gasteiger partial charge in [0, 0.05) is 9.35 Å². The molecule has 6 heteroatoms. The van der Waals surface area contributed by atoms with Crippen LogP contribution >= 0.6 is 38.9 Å². The quantitative estimate of drug-likeness (QED) is 0.885. The molecule has 1 unspecified atom stereocenters. The Labute approximate surface area is 129 Å². The van der Waals surface area contributed by atoms with Crippen molar-refractivity contribution in [3.8, 4) is 11.5 Å². The van der Waals surface area contributed by atoms with Gasteiger partial charge in [0.05, 0.1) is 25.8 Å². The van der Waals surface area contributed by atoms with E-state index in [1.54, 1.807) is 14.2 Å². The van der Waals surface area contributed by atoms with Crippen molar-refractivity contribution in [3.05, 3.63) is 43.5 Å². The topological polar surface area (TPSA) is 44.5 Å². The lowest BCUT2D eigenvalue weighted by molar-refractivity contribution is 0.382. The molecular weight excluding hydrogens is 350 g/mol. The molecule has 0 spiro atoms. The highest BCUT2D eigenvalue weighted by molar-refractivity contribution is 9.10. The first kappa shape index (κ1) is 14.7. The lowest BCUT2D eigenvalue weighted by Gasteiger charge is -2.17. The average molecular weight is 363 g/mol. The molecule has 0 radical (unpaired) electrons. The summed E-state index contributed by atoms with van der Waals surface area (Å²) in [6.07, 6.45) is 0. The molecule has 19 heavy (non-hydrogen) atoms. The van der Waals surface area contributed by atoms with Gasteiger partial charge < -0.3 is 15.2 Å². The van der Waals surface area contributed by atoms with E-state index in [2.05, 4.69) is 15.9 Å². The molecule has 0 aliphatic rings. The van der Waals surface area contributed by atoms with Gasteiger partial charge in [-0.1, -0.05) is 17.7 Å². The zero-order chi connectivity index (χ0) is 14.0. The van der Waals surface area contributed by atoms with Gasteiger partial charge in [-0.2, -0.15) is 0 Å². The number of ether oxygens (including phenoxy) is 2. The third-order valence-corrected chi connectivity index (χ3v) is 5.31. The zero-order valence-electron chi connectivity index (χ0n) is 10.4. The molecule has 0 amide bonds. The second-order valence-corrected chi connectivity index (χ2v) is 6.36. The van der Waals surface area contributed by atoms with Crippen LogP contribution in [0.15, 0.2) is 28.7 Å². The minimum absolute atomic E-state index is 0.347. The number of benzene rings is 1. The Morgan fingerprint density at radius 1 is 1.26 bits per heavy atom. The molecule has 2 aromatic rings. The number of hydrogen-bond donors (Lipinski definition) is 1. The van der Waals surface area contributed by atoms with Gasteiger partial charge in [-0.15, -0.1) is 11.3 Å². The molecule has 1 heterocycles. The third-order valence-electron chi connectivity index (χ3n) is 2.75. The Bertz CT molecular complexity index is 546. The van der Waals surface area contributed by atoms with E-state index in [0.717, 1.165) is 14.9 Å². The standard InChI is InChI=1S/C13H13BrClNO2S/c1-17-8-4-3-5-9(18-2)11(8)12(16)10-6-7(14)13(15)19-10/h3-6,12H,16H2,1-2H3. The summed E-state index contributed by atoms with van der Waals surface area (Å²) >= 11 is 10.9. The summed E-state index contributed by atoms with van der Waals surface area (Å²) in [5.74, 6) is 1.40. The second kappa shape index (κ2) is 6.13. The van der Waals surface area contributed by atoms with E-state index in [0.29, 0.717) is 15.8 Å². The highest BCUT2D eigenvalue weighted by Gasteiger charge is 2.21. The van der Waals surface area contributed by atoms with Crippen molar-refractivity contribution in [1.29, 1.82) is 0 Å². The predicted molar refractivity (Wildman–Crippen MR) is 82.6 cm³/mol. The van der Waals surface area contributed by atoms with E-state index in [4.69, 9.17) is 26.8 Å². The number of methoxy groups -OCH3 is 2. The smallest absolute Gasteiger partial charge is 0.127 e. The third kappa shape index (κ3) is 2.89. The van der Waals surface area contributed by atoms with Crippen LogP contribution in [0.4, 0.5) is 0 Å². The van der Waals surface area contributed by atoms with Crippen molar-refractivity contribution in [3.63, 3.8) is 0 Å². The van der Waals surface area contributed by atoms with E-state index in [1.165, 1.54) is 11.3 Å². The van der Waals surface area contributed by atoms with E-state index in [9.17, 15) is 0 Å². The van der Waals surface area contributed by atoms with Crippen LogP contribution in [0.3, 0.4) is 0 Å². The minimum atomic E-state index is -0.347. The largest absolute Gasteiger partial charge is 0.496 e. The first-order valence-electron chi connectivity index (χ1n) is 5.49. The zero-order valence-corrected chi connectivity index (χ0v) is 13.6. The molecule has 0 saturated carbocycles. The lowest BCUT2D eigenvalue weighted by Crippen LogP contribution is -2.13. The lowest BCUT2D eigenvalue weighted by atomic mass is 10.0. The summed E-state index contributed by atoms with van der Waals surface area (Å²) in [5, 5.41) is 0. The Balaban J connectivity index is 2.50. The molecule has 0 saturated heterocycles. The van der Waals surface area contributed by atoms with Gasteiger partial charge >= 0.3 is 0 Å². The summed E-state index contributed by atoms with van der Waals surface area (Å²) < 4.78 is 12.3. The second-order valence-electron chi connectivity index (χ2n) is 3.82. The summed E-state index contributed by atoms with van der Waals surface area (Å²) in [6.45, 7) is 0. The van der Waals surface area contributed by atoms with Crippen LogP contribution in [0.5, 0.6) is 11.5 Å². The molecule has 2 rings (SSSR count). The fourth-order valence-corrected chi connectivity index (χ4v) is 3.59. The van der Waals surface area contributed by atoms with Crippen LogP contribution < -0.4 is 15.2 Å². The monoisotopic (exact) mass is 361 g/mol. The van der Waals surface area contributed by atoms with Gasteiger partial charge in [0.2, 0.25) is 0 Å². The first-order chi connectivity index (χ1) is 9.08. The van der Waals surface area contributed by atoms with Crippen LogP contribution in [0, 0.1) is 0 Å². The molecule has 102 valence electrons. The maximum atomic E-state index is 6.32. The molecular formula is C13H13BrClNO2S. The van der Waals surface area contributed by atoms with Crippen molar-refractivity contribution >= 4 is 38.9 Å². The molecule has 0 aliphatic carbocycles. The number of thiophene rings is 1. The SMILES string of the molecule is COc1cccc(OC)c1C(N)c1cc(Br)c(Cl)s1. The van der Waals surface area contributed by atoms with Crippen LogP contribution in [0.1, 0.15) is 16.5 Å². The summed E-state index contributed by atoms with van der Waals surface area (Å²) in [4.78, 5) is 0.944. The average Bonchev–Trinajstić information content (AvgIpc) is 2.76. The van der Waals surface area contributed by atoms with Crippen molar-refractivity contribution in [2.24, 2.45) is 5.73 Å². The van der Waals surface area contributed by atoms with Crippen LogP contribution in [-0.2, 0) is 0 Å². The number of rotatable bonds is 4. The van der Waals surface area contributed by atoms with Crippen LogP contribution in [0.2, 0.25) is 4.34 Å². The van der Waals surface area contributed by atoms with Crippen LogP contribution in [0.25, 0.3) is 0 Å². The summed E-state index contributed by atoms with van der Waals surface area (Å²) in [6, 6.07) is 7.17. The van der Waals surface area contributed by atoms with Crippen molar-refractivity contribution < 1.29 is 9.47 Å². The van der Waals surface area contributed by atoms with Gasteiger partial charge in [-0.3, -0.25) is 0 Å². The number of halogens is 2. The number of hydrogen-bond acceptors (Lipinski definition) is 4. The molecule has 0 aliphatic heterocycles. The van der Waals surface area contributed by atoms with Crippen LogP contribution in [-0.4, -0.2) is 14.2 Å². The van der Waals surface area contributed by atoms with Crippen molar-refractivity contribution in [2.75, 3.05) is 14.2 Å².